The average molecular weight is 273 g/mol. The summed E-state index contributed by atoms with van der Waals surface area (Å²) in [4.78, 5) is 0. The molecular formula is C10H10Cl2N4O. The second kappa shape index (κ2) is 5.35. The van der Waals surface area contributed by atoms with Crippen LogP contribution in [0, 0.1) is 0 Å². The van der Waals surface area contributed by atoms with Crippen LogP contribution >= 0.6 is 23.2 Å². The first-order chi connectivity index (χ1) is 8.17. The van der Waals surface area contributed by atoms with E-state index in [0.717, 1.165) is 0 Å². The third kappa shape index (κ3) is 3.33. The van der Waals surface area contributed by atoms with Crippen LogP contribution < -0.4 is 11.1 Å². The van der Waals surface area contributed by atoms with Gasteiger partial charge in [-0.3, -0.25) is 0 Å². The molecule has 0 saturated carbocycles. The van der Waals surface area contributed by atoms with Gasteiger partial charge in [-0.2, -0.15) is 0 Å². The van der Waals surface area contributed by atoms with Crippen molar-refractivity contribution in [3.8, 4) is 0 Å². The summed E-state index contributed by atoms with van der Waals surface area (Å²) in [5.74, 6) is 0.489. The van der Waals surface area contributed by atoms with Crippen LogP contribution in [0.1, 0.15) is 5.89 Å². The molecule has 0 spiro atoms. The Bertz CT molecular complexity index is 495. The molecular weight excluding hydrogens is 263 g/mol. The summed E-state index contributed by atoms with van der Waals surface area (Å²) in [6, 6.07) is 5.34. The molecule has 0 unspecified atom stereocenters. The fourth-order valence-corrected chi connectivity index (χ4v) is 1.80. The van der Waals surface area contributed by atoms with Gasteiger partial charge in [0.2, 0.25) is 5.89 Å². The third-order valence-electron chi connectivity index (χ3n) is 1.94. The summed E-state index contributed by atoms with van der Waals surface area (Å²) in [6.45, 7) is 0.463. The van der Waals surface area contributed by atoms with E-state index < -0.39 is 0 Å². The molecule has 0 atom stereocenters. The number of aromatic nitrogens is 2. The molecule has 0 aliphatic carbocycles. The number of rotatable bonds is 4. The van der Waals surface area contributed by atoms with E-state index in [-0.39, 0.29) is 6.01 Å². The van der Waals surface area contributed by atoms with Gasteiger partial charge in [0.15, 0.2) is 0 Å². The van der Waals surface area contributed by atoms with Crippen molar-refractivity contribution in [1.29, 1.82) is 0 Å². The molecule has 2 rings (SSSR count). The molecule has 0 amide bonds. The number of nitrogens with two attached hydrogens (primary N) is 1. The zero-order valence-corrected chi connectivity index (χ0v) is 10.3. The summed E-state index contributed by atoms with van der Waals surface area (Å²) in [5, 5.41) is 11.6. The number of hydrogen-bond acceptors (Lipinski definition) is 5. The largest absolute Gasteiger partial charge is 0.408 e. The molecule has 0 bridgehead atoms. The second-order valence-corrected chi connectivity index (χ2v) is 4.20. The molecule has 90 valence electrons. The number of nitrogens with one attached hydrogen (secondary N) is 1. The van der Waals surface area contributed by atoms with E-state index in [1.165, 1.54) is 0 Å². The van der Waals surface area contributed by atoms with Crippen LogP contribution in [-0.4, -0.2) is 16.7 Å². The highest BCUT2D eigenvalue weighted by molar-refractivity contribution is 6.35. The lowest BCUT2D eigenvalue weighted by Gasteiger charge is -2.02. The molecule has 1 heterocycles. The first-order valence-electron chi connectivity index (χ1n) is 4.93. The summed E-state index contributed by atoms with van der Waals surface area (Å²) < 4.78 is 5.31. The standard InChI is InChI=1S/C10H10Cl2N4O/c11-6-3-7(12)5-8(4-6)14-10-16-15-9(17-10)1-2-13/h3-5H,1-2,13H2,(H,14,16). The number of nitrogens with zero attached hydrogens (tertiary/aromatic N) is 2. The van der Waals surface area contributed by atoms with Crippen molar-refractivity contribution in [2.45, 2.75) is 6.42 Å². The summed E-state index contributed by atoms with van der Waals surface area (Å²) in [6.07, 6.45) is 0.547. The molecule has 0 aliphatic heterocycles. The van der Waals surface area contributed by atoms with E-state index in [4.69, 9.17) is 33.4 Å². The van der Waals surface area contributed by atoms with Gasteiger partial charge in [-0.25, -0.2) is 0 Å². The normalized spacial score (nSPS) is 10.5. The molecule has 2 aromatic rings. The molecule has 7 heteroatoms. The van der Waals surface area contributed by atoms with Crippen LogP contribution in [0.5, 0.6) is 0 Å². The summed E-state index contributed by atoms with van der Waals surface area (Å²) in [7, 11) is 0. The Morgan fingerprint density at radius 2 is 1.88 bits per heavy atom. The Balaban J connectivity index is 2.13. The van der Waals surface area contributed by atoms with Crippen molar-refractivity contribution in [3.63, 3.8) is 0 Å². The van der Waals surface area contributed by atoms with Crippen molar-refractivity contribution in [2.24, 2.45) is 5.73 Å². The van der Waals surface area contributed by atoms with E-state index >= 15 is 0 Å². The number of hydrogen-bond donors (Lipinski definition) is 2. The van der Waals surface area contributed by atoms with E-state index in [2.05, 4.69) is 15.5 Å². The molecule has 1 aromatic heterocycles. The Morgan fingerprint density at radius 1 is 1.18 bits per heavy atom. The van der Waals surface area contributed by atoms with Crippen LogP contribution in [0.4, 0.5) is 11.7 Å². The molecule has 0 radical (unpaired) electrons. The smallest absolute Gasteiger partial charge is 0.320 e. The van der Waals surface area contributed by atoms with Gasteiger partial charge in [0.1, 0.15) is 0 Å². The zero-order valence-electron chi connectivity index (χ0n) is 8.78. The van der Waals surface area contributed by atoms with Gasteiger partial charge in [0, 0.05) is 28.7 Å². The molecule has 0 aliphatic rings. The van der Waals surface area contributed by atoms with Crippen LogP contribution in [0.15, 0.2) is 22.6 Å². The average Bonchev–Trinajstić information content (AvgIpc) is 2.64. The zero-order chi connectivity index (χ0) is 12.3. The maximum atomic E-state index is 5.86. The molecule has 3 N–H and O–H groups in total. The van der Waals surface area contributed by atoms with Crippen molar-refractivity contribution in [2.75, 3.05) is 11.9 Å². The lowest BCUT2D eigenvalue weighted by Crippen LogP contribution is -2.02. The van der Waals surface area contributed by atoms with Crippen molar-refractivity contribution >= 4 is 34.9 Å². The highest BCUT2D eigenvalue weighted by Crippen LogP contribution is 2.24. The van der Waals surface area contributed by atoms with Gasteiger partial charge in [-0.1, -0.05) is 28.3 Å². The lowest BCUT2D eigenvalue weighted by atomic mass is 10.3. The van der Waals surface area contributed by atoms with Gasteiger partial charge in [-0.05, 0) is 18.2 Å². The fraction of sp³-hybridized carbons (Fsp3) is 0.200. The van der Waals surface area contributed by atoms with Gasteiger partial charge in [0.05, 0.1) is 0 Å². The first kappa shape index (κ1) is 12.2. The van der Waals surface area contributed by atoms with E-state index in [1.807, 2.05) is 0 Å². The van der Waals surface area contributed by atoms with Crippen molar-refractivity contribution in [1.82, 2.24) is 10.2 Å². The molecule has 1 aromatic carbocycles. The number of anilines is 2. The minimum absolute atomic E-state index is 0.284. The predicted octanol–water partition coefficient (Wildman–Crippen LogP) is 2.62. The monoisotopic (exact) mass is 272 g/mol. The molecule has 5 nitrogen and oxygen atoms in total. The van der Waals surface area contributed by atoms with Crippen LogP contribution in [0.2, 0.25) is 10.0 Å². The fourth-order valence-electron chi connectivity index (χ4n) is 1.28. The molecule has 17 heavy (non-hydrogen) atoms. The van der Waals surface area contributed by atoms with Crippen molar-refractivity contribution in [3.05, 3.63) is 34.1 Å². The second-order valence-electron chi connectivity index (χ2n) is 3.32. The highest BCUT2D eigenvalue weighted by atomic mass is 35.5. The molecule has 0 saturated heterocycles. The van der Waals surface area contributed by atoms with Crippen LogP contribution in [-0.2, 0) is 6.42 Å². The summed E-state index contributed by atoms with van der Waals surface area (Å²) in [5.41, 5.74) is 6.06. The first-order valence-corrected chi connectivity index (χ1v) is 5.68. The summed E-state index contributed by atoms with van der Waals surface area (Å²) >= 11 is 11.7. The lowest BCUT2D eigenvalue weighted by molar-refractivity contribution is 0.510. The van der Waals surface area contributed by atoms with Gasteiger partial charge >= 0.3 is 6.01 Å². The van der Waals surface area contributed by atoms with Crippen LogP contribution in [0.25, 0.3) is 0 Å². The Labute approximate surface area is 108 Å². The SMILES string of the molecule is NCCc1nnc(Nc2cc(Cl)cc(Cl)c2)o1. The van der Waals surface area contributed by atoms with Gasteiger partial charge in [0.25, 0.3) is 0 Å². The topological polar surface area (TPSA) is 77.0 Å². The van der Waals surface area contributed by atoms with Crippen LogP contribution in [0.3, 0.4) is 0 Å². The Kier molecular flexibility index (Phi) is 3.83. The minimum Gasteiger partial charge on any atom is -0.408 e. The van der Waals surface area contributed by atoms with Gasteiger partial charge in [-0.15, -0.1) is 5.10 Å². The third-order valence-corrected chi connectivity index (χ3v) is 2.38. The van der Waals surface area contributed by atoms with E-state index in [9.17, 15) is 0 Å². The Morgan fingerprint density at radius 3 is 2.53 bits per heavy atom. The maximum Gasteiger partial charge on any atom is 0.320 e. The highest BCUT2D eigenvalue weighted by Gasteiger charge is 2.06. The van der Waals surface area contributed by atoms with E-state index in [0.29, 0.717) is 34.6 Å². The number of halogens is 2. The predicted molar refractivity (Wildman–Crippen MR) is 66.8 cm³/mol. The number of benzene rings is 1. The van der Waals surface area contributed by atoms with Crippen molar-refractivity contribution < 1.29 is 4.42 Å². The maximum absolute atomic E-state index is 5.86. The van der Waals surface area contributed by atoms with Gasteiger partial charge < -0.3 is 15.5 Å². The molecule has 0 fully saturated rings. The quantitative estimate of drug-likeness (QED) is 0.895. The Hall–Kier alpha value is -1.30. The minimum atomic E-state index is 0.284. The van der Waals surface area contributed by atoms with E-state index in [1.54, 1.807) is 18.2 Å².